The van der Waals surface area contributed by atoms with Gasteiger partial charge in [-0.05, 0) is 6.92 Å². The van der Waals surface area contributed by atoms with E-state index >= 15 is 0 Å². The maximum atomic E-state index is 10.7. The summed E-state index contributed by atoms with van der Waals surface area (Å²) in [4.78, 5) is 21.2. The number of rotatable bonds is 2. The van der Waals surface area contributed by atoms with Gasteiger partial charge in [-0.15, -0.1) is 0 Å². The molecule has 0 rings (SSSR count). The second-order valence-corrected chi connectivity index (χ2v) is 2.05. The van der Waals surface area contributed by atoms with E-state index in [1.807, 2.05) is 0 Å². The number of amides is 2. The maximum Gasteiger partial charge on any atom is 0.243 e. The molecule has 0 aliphatic carbocycles. The van der Waals surface area contributed by atoms with Gasteiger partial charge < -0.3 is 5.73 Å². The van der Waals surface area contributed by atoms with E-state index in [1.54, 1.807) is 6.92 Å². The molecule has 0 unspecified atom stereocenters. The molecule has 0 saturated carbocycles. The number of hydrogen-bond donors (Lipinski definition) is 2. The number of nitrogens with two attached hydrogens (primary N) is 1. The summed E-state index contributed by atoms with van der Waals surface area (Å²) in [5.41, 5.74) is 5.17. The summed E-state index contributed by atoms with van der Waals surface area (Å²) in [6.45, 7) is 3.20. The normalized spacial score (nSPS) is 12.3. The highest BCUT2D eigenvalue weighted by Crippen LogP contribution is 1.78. The third-order valence-electron chi connectivity index (χ3n) is 0.997. The van der Waals surface area contributed by atoms with Crippen LogP contribution < -0.4 is 11.1 Å². The Kier molecular flexibility index (Phi) is 3.64. The molecular weight excluding hydrogens is 132 g/mol. The number of hydrogen-bond acceptors (Lipinski definition) is 3. The van der Waals surface area contributed by atoms with Crippen molar-refractivity contribution < 1.29 is 9.59 Å². The van der Waals surface area contributed by atoms with E-state index in [2.05, 4.69) is 5.32 Å². The standard InChI is InChI=1S/C6H12N2O2/c1-3-5(9)8-6(10)4(2)7/h4H,3,7H2,1-2H3,(H,8,9,10)/t4-/m0/s1. The second-order valence-electron chi connectivity index (χ2n) is 2.05. The minimum atomic E-state index is -0.615. The highest BCUT2D eigenvalue weighted by molar-refractivity contribution is 5.97. The molecule has 2 amide bonds. The summed E-state index contributed by atoms with van der Waals surface area (Å²) in [6.07, 6.45) is 0.304. The molecule has 4 heteroatoms. The van der Waals surface area contributed by atoms with Crippen LogP contribution in [0.25, 0.3) is 0 Å². The van der Waals surface area contributed by atoms with Gasteiger partial charge in [0, 0.05) is 6.42 Å². The molecule has 0 heterocycles. The van der Waals surface area contributed by atoms with Crippen molar-refractivity contribution in [2.45, 2.75) is 26.3 Å². The summed E-state index contributed by atoms with van der Waals surface area (Å²) in [7, 11) is 0. The molecule has 0 aromatic rings. The van der Waals surface area contributed by atoms with Crippen molar-refractivity contribution in [1.82, 2.24) is 5.32 Å². The van der Waals surface area contributed by atoms with E-state index in [1.165, 1.54) is 6.92 Å². The number of carbonyl (C=O) groups is 2. The van der Waals surface area contributed by atoms with Crippen molar-refractivity contribution in [3.8, 4) is 0 Å². The highest BCUT2D eigenvalue weighted by atomic mass is 16.2. The van der Waals surface area contributed by atoms with Crippen LogP contribution >= 0.6 is 0 Å². The van der Waals surface area contributed by atoms with Gasteiger partial charge in [0.1, 0.15) is 0 Å². The fourth-order valence-electron chi connectivity index (χ4n) is 0.340. The van der Waals surface area contributed by atoms with E-state index in [9.17, 15) is 9.59 Å². The fourth-order valence-corrected chi connectivity index (χ4v) is 0.340. The summed E-state index contributed by atoms with van der Waals surface area (Å²) < 4.78 is 0. The maximum absolute atomic E-state index is 10.7. The summed E-state index contributed by atoms with van der Waals surface area (Å²) in [6, 6.07) is -0.615. The Morgan fingerprint density at radius 3 is 2.40 bits per heavy atom. The molecule has 1 atom stereocenters. The summed E-state index contributed by atoms with van der Waals surface area (Å²) >= 11 is 0. The lowest BCUT2D eigenvalue weighted by Gasteiger charge is -2.03. The minimum absolute atomic E-state index is 0.290. The van der Waals surface area contributed by atoms with Crippen LogP contribution in [0.4, 0.5) is 0 Å². The van der Waals surface area contributed by atoms with Gasteiger partial charge in [-0.1, -0.05) is 6.92 Å². The van der Waals surface area contributed by atoms with Crippen molar-refractivity contribution in [2.75, 3.05) is 0 Å². The van der Waals surface area contributed by atoms with Crippen LogP contribution in [0.1, 0.15) is 20.3 Å². The molecule has 0 bridgehead atoms. The van der Waals surface area contributed by atoms with Crippen LogP contribution in [0, 0.1) is 0 Å². The molecule has 3 N–H and O–H groups in total. The van der Waals surface area contributed by atoms with E-state index in [4.69, 9.17) is 5.73 Å². The molecule has 0 aromatic heterocycles. The first-order valence-electron chi connectivity index (χ1n) is 3.17. The third-order valence-corrected chi connectivity index (χ3v) is 0.997. The second kappa shape index (κ2) is 4.00. The molecular formula is C6H12N2O2. The Hall–Kier alpha value is -0.900. The van der Waals surface area contributed by atoms with Gasteiger partial charge in [0.2, 0.25) is 11.8 Å². The molecule has 0 aromatic carbocycles. The van der Waals surface area contributed by atoms with Crippen LogP contribution in [0.2, 0.25) is 0 Å². The first-order valence-corrected chi connectivity index (χ1v) is 3.17. The fraction of sp³-hybridized carbons (Fsp3) is 0.667. The van der Waals surface area contributed by atoms with Crippen LogP contribution in [0.3, 0.4) is 0 Å². The van der Waals surface area contributed by atoms with Gasteiger partial charge in [-0.25, -0.2) is 0 Å². The van der Waals surface area contributed by atoms with Gasteiger partial charge >= 0.3 is 0 Å². The van der Waals surface area contributed by atoms with Crippen molar-refractivity contribution in [2.24, 2.45) is 5.73 Å². The van der Waals surface area contributed by atoms with E-state index in [0.29, 0.717) is 6.42 Å². The first kappa shape index (κ1) is 9.10. The monoisotopic (exact) mass is 144 g/mol. The smallest absolute Gasteiger partial charge is 0.243 e. The zero-order chi connectivity index (χ0) is 8.15. The number of nitrogens with one attached hydrogen (secondary N) is 1. The minimum Gasteiger partial charge on any atom is -0.320 e. The average molecular weight is 144 g/mol. The predicted molar refractivity (Wildman–Crippen MR) is 37.1 cm³/mol. The van der Waals surface area contributed by atoms with Crippen LogP contribution in [0.5, 0.6) is 0 Å². The number of carbonyl (C=O) groups excluding carboxylic acids is 2. The topological polar surface area (TPSA) is 72.2 Å². The third kappa shape index (κ3) is 3.19. The average Bonchev–Trinajstić information content (AvgIpc) is 1.87. The zero-order valence-corrected chi connectivity index (χ0v) is 6.18. The van der Waals surface area contributed by atoms with Crippen LogP contribution in [0.15, 0.2) is 0 Å². The molecule has 0 fully saturated rings. The van der Waals surface area contributed by atoms with E-state index in [0.717, 1.165) is 0 Å². The van der Waals surface area contributed by atoms with Crippen molar-refractivity contribution in [1.29, 1.82) is 0 Å². The predicted octanol–water partition coefficient (Wildman–Crippen LogP) is -0.614. The molecule has 10 heavy (non-hydrogen) atoms. The van der Waals surface area contributed by atoms with E-state index < -0.39 is 11.9 Å². The van der Waals surface area contributed by atoms with Gasteiger partial charge in [0.05, 0.1) is 6.04 Å². The number of imide groups is 1. The van der Waals surface area contributed by atoms with Gasteiger partial charge in [0.15, 0.2) is 0 Å². The van der Waals surface area contributed by atoms with Gasteiger partial charge in [0.25, 0.3) is 0 Å². The van der Waals surface area contributed by atoms with Crippen LogP contribution in [-0.4, -0.2) is 17.9 Å². The molecule has 58 valence electrons. The largest absolute Gasteiger partial charge is 0.320 e. The Balaban J connectivity index is 3.69. The van der Waals surface area contributed by atoms with E-state index in [-0.39, 0.29) is 5.91 Å². The van der Waals surface area contributed by atoms with Gasteiger partial charge in [-0.3, -0.25) is 14.9 Å². The quantitative estimate of drug-likeness (QED) is 0.543. The zero-order valence-electron chi connectivity index (χ0n) is 6.18. The Labute approximate surface area is 59.8 Å². The lowest BCUT2D eigenvalue weighted by atomic mass is 10.3. The van der Waals surface area contributed by atoms with Crippen molar-refractivity contribution in [3.05, 3.63) is 0 Å². The highest BCUT2D eigenvalue weighted by Gasteiger charge is 2.08. The SMILES string of the molecule is CCC(=O)NC(=O)[C@H](C)N. The Morgan fingerprint density at radius 2 is 2.10 bits per heavy atom. The molecule has 4 nitrogen and oxygen atoms in total. The summed E-state index contributed by atoms with van der Waals surface area (Å²) in [5, 5.41) is 2.13. The lowest BCUT2D eigenvalue weighted by Crippen LogP contribution is -2.41. The molecule has 0 radical (unpaired) electrons. The molecule has 0 aliphatic heterocycles. The van der Waals surface area contributed by atoms with Crippen molar-refractivity contribution >= 4 is 11.8 Å². The molecule has 0 aliphatic rings. The first-order chi connectivity index (χ1) is 4.57. The lowest BCUT2D eigenvalue weighted by molar-refractivity contribution is -0.130. The van der Waals surface area contributed by atoms with Crippen LogP contribution in [-0.2, 0) is 9.59 Å². The molecule has 0 spiro atoms. The van der Waals surface area contributed by atoms with Gasteiger partial charge in [-0.2, -0.15) is 0 Å². The Morgan fingerprint density at radius 1 is 1.60 bits per heavy atom. The molecule has 0 saturated heterocycles. The van der Waals surface area contributed by atoms with Crippen molar-refractivity contribution in [3.63, 3.8) is 0 Å². The summed E-state index contributed by atoms with van der Waals surface area (Å²) in [5.74, 6) is -0.714. The Bertz CT molecular complexity index is 143.